The van der Waals surface area contributed by atoms with E-state index in [9.17, 15) is 9.90 Å². The molecule has 1 aromatic rings. The smallest absolute Gasteiger partial charge is 0.314 e. The van der Waals surface area contributed by atoms with E-state index in [1.807, 2.05) is 25.1 Å². The van der Waals surface area contributed by atoms with Gasteiger partial charge in [0.2, 0.25) is 0 Å². The molecule has 2 atom stereocenters. The number of carboxylic acid groups (broad SMARTS) is 1. The van der Waals surface area contributed by atoms with Gasteiger partial charge in [0.1, 0.15) is 0 Å². The van der Waals surface area contributed by atoms with Gasteiger partial charge in [0.25, 0.3) is 0 Å². The lowest BCUT2D eigenvalue weighted by atomic mass is 9.72. The zero-order valence-corrected chi connectivity index (χ0v) is 9.85. The quantitative estimate of drug-likeness (QED) is 0.766. The van der Waals surface area contributed by atoms with Gasteiger partial charge >= 0.3 is 5.97 Å². The van der Waals surface area contributed by atoms with Crippen molar-refractivity contribution in [2.45, 2.75) is 31.3 Å². The maximum absolute atomic E-state index is 11.7. The number of hydrogen-bond donors (Lipinski definition) is 2. The standard InChI is InChI=1S/C13H17NO3/c1-9-8-13(12(15)16,6-7-17-9)10-4-2-3-5-11(10)14/h2-5,9H,6-8,14H2,1H3,(H,15,16). The Kier molecular flexibility index (Phi) is 3.07. The van der Waals surface area contributed by atoms with Crippen molar-refractivity contribution >= 4 is 11.7 Å². The third-order valence-electron chi connectivity index (χ3n) is 3.45. The van der Waals surface area contributed by atoms with Crippen molar-refractivity contribution in [2.24, 2.45) is 0 Å². The molecule has 17 heavy (non-hydrogen) atoms. The predicted octanol–water partition coefficient (Wildman–Crippen LogP) is 1.79. The maximum Gasteiger partial charge on any atom is 0.314 e. The molecule has 0 amide bonds. The summed E-state index contributed by atoms with van der Waals surface area (Å²) in [4.78, 5) is 11.7. The lowest BCUT2D eigenvalue weighted by Gasteiger charge is -2.37. The van der Waals surface area contributed by atoms with E-state index in [0.717, 1.165) is 0 Å². The minimum Gasteiger partial charge on any atom is -0.481 e. The highest BCUT2D eigenvalue weighted by molar-refractivity contribution is 5.84. The van der Waals surface area contributed by atoms with Gasteiger partial charge in [-0.15, -0.1) is 0 Å². The SMILES string of the molecule is CC1CC(C(=O)O)(c2ccccc2N)CCO1. The summed E-state index contributed by atoms with van der Waals surface area (Å²) in [6, 6.07) is 7.20. The molecule has 2 unspecified atom stereocenters. The molecule has 92 valence electrons. The van der Waals surface area contributed by atoms with Crippen molar-refractivity contribution in [3.63, 3.8) is 0 Å². The van der Waals surface area contributed by atoms with Crippen molar-refractivity contribution in [2.75, 3.05) is 12.3 Å². The van der Waals surface area contributed by atoms with Crippen molar-refractivity contribution in [3.05, 3.63) is 29.8 Å². The van der Waals surface area contributed by atoms with Crippen LogP contribution in [0.25, 0.3) is 0 Å². The average Bonchev–Trinajstić information content (AvgIpc) is 2.29. The third-order valence-corrected chi connectivity index (χ3v) is 3.45. The Morgan fingerprint density at radius 1 is 1.53 bits per heavy atom. The summed E-state index contributed by atoms with van der Waals surface area (Å²) in [6.07, 6.45) is 0.886. The number of carboxylic acids is 1. The number of aliphatic carboxylic acids is 1. The van der Waals surface area contributed by atoms with Crippen LogP contribution in [0.4, 0.5) is 5.69 Å². The summed E-state index contributed by atoms with van der Waals surface area (Å²) < 4.78 is 5.44. The van der Waals surface area contributed by atoms with Crippen LogP contribution in [0.15, 0.2) is 24.3 Å². The van der Waals surface area contributed by atoms with Crippen LogP contribution in [0.5, 0.6) is 0 Å². The molecule has 4 heteroatoms. The minimum atomic E-state index is -0.900. The first-order valence-electron chi connectivity index (χ1n) is 5.76. The van der Waals surface area contributed by atoms with E-state index in [2.05, 4.69) is 0 Å². The Labute approximate surface area is 100 Å². The zero-order valence-electron chi connectivity index (χ0n) is 9.85. The Bertz CT molecular complexity index is 432. The van der Waals surface area contributed by atoms with Crippen LogP contribution in [0.2, 0.25) is 0 Å². The largest absolute Gasteiger partial charge is 0.481 e. The second kappa shape index (κ2) is 4.37. The Morgan fingerprint density at radius 2 is 2.24 bits per heavy atom. The lowest BCUT2D eigenvalue weighted by Crippen LogP contribution is -2.44. The summed E-state index contributed by atoms with van der Waals surface area (Å²) >= 11 is 0. The van der Waals surface area contributed by atoms with Gasteiger partial charge in [0, 0.05) is 12.3 Å². The summed E-state index contributed by atoms with van der Waals surface area (Å²) in [7, 11) is 0. The molecule has 0 saturated carbocycles. The fourth-order valence-corrected chi connectivity index (χ4v) is 2.57. The molecule has 0 bridgehead atoms. The number of benzene rings is 1. The minimum absolute atomic E-state index is 0.0561. The van der Waals surface area contributed by atoms with Gasteiger partial charge in [-0.1, -0.05) is 18.2 Å². The summed E-state index contributed by atoms with van der Waals surface area (Å²) in [5.41, 5.74) is 6.27. The van der Waals surface area contributed by atoms with Crippen molar-refractivity contribution in [3.8, 4) is 0 Å². The molecule has 0 spiro atoms. The molecule has 0 aromatic heterocycles. The third kappa shape index (κ3) is 2.00. The number of para-hydroxylation sites is 1. The fraction of sp³-hybridized carbons (Fsp3) is 0.462. The van der Waals surface area contributed by atoms with Gasteiger partial charge < -0.3 is 15.6 Å². The van der Waals surface area contributed by atoms with Gasteiger partial charge in [0.15, 0.2) is 0 Å². The van der Waals surface area contributed by atoms with E-state index in [1.165, 1.54) is 0 Å². The topological polar surface area (TPSA) is 72.5 Å². The summed E-state index contributed by atoms with van der Waals surface area (Å²) in [5, 5.41) is 9.57. The maximum atomic E-state index is 11.7. The van der Waals surface area contributed by atoms with Crippen LogP contribution in [-0.4, -0.2) is 23.8 Å². The van der Waals surface area contributed by atoms with Gasteiger partial charge in [-0.05, 0) is 31.4 Å². The van der Waals surface area contributed by atoms with E-state index < -0.39 is 11.4 Å². The highest BCUT2D eigenvalue weighted by atomic mass is 16.5. The fourth-order valence-electron chi connectivity index (χ4n) is 2.57. The van der Waals surface area contributed by atoms with Gasteiger partial charge in [-0.3, -0.25) is 4.79 Å². The highest BCUT2D eigenvalue weighted by Crippen LogP contribution is 2.40. The number of rotatable bonds is 2. The van der Waals surface area contributed by atoms with Crippen LogP contribution in [0.1, 0.15) is 25.3 Å². The molecule has 2 rings (SSSR count). The normalized spacial score (nSPS) is 28.9. The number of carbonyl (C=O) groups is 1. The first kappa shape index (κ1) is 11.9. The van der Waals surface area contributed by atoms with Crippen molar-refractivity contribution in [1.82, 2.24) is 0 Å². The van der Waals surface area contributed by atoms with Crippen molar-refractivity contribution in [1.29, 1.82) is 0 Å². The van der Waals surface area contributed by atoms with E-state index in [-0.39, 0.29) is 6.10 Å². The first-order chi connectivity index (χ1) is 8.06. The molecule has 1 aliphatic rings. The molecule has 1 fully saturated rings. The molecule has 4 nitrogen and oxygen atoms in total. The summed E-state index contributed by atoms with van der Waals surface area (Å²) in [5.74, 6) is -0.814. The number of nitrogen functional groups attached to an aromatic ring is 1. The van der Waals surface area contributed by atoms with Crippen LogP contribution >= 0.6 is 0 Å². The monoisotopic (exact) mass is 235 g/mol. The summed E-state index contributed by atoms with van der Waals surface area (Å²) in [6.45, 7) is 2.36. The molecule has 1 saturated heterocycles. The Morgan fingerprint density at radius 3 is 2.82 bits per heavy atom. The van der Waals surface area contributed by atoms with E-state index in [1.54, 1.807) is 6.07 Å². The number of nitrogens with two attached hydrogens (primary N) is 1. The molecule has 0 radical (unpaired) electrons. The molecule has 0 aliphatic carbocycles. The molecule has 1 aliphatic heterocycles. The first-order valence-corrected chi connectivity index (χ1v) is 5.76. The van der Waals surface area contributed by atoms with Gasteiger partial charge in [-0.2, -0.15) is 0 Å². The van der Waals surface area contributed by atoms with Crippen LogP contribution in [-0.2, 0) is 14.9 Å². The molecular weight excluding hydrogens is 218 g/mol. The highest BCUT2D eigenvalue weighted by Gasteiger charge is 2.45. The Hall–Kier alpha value is -1.55. The van der Waals surface area contributed by atoms with Crippen LogP contribution in [0.3, 0.4) is 0 Å². The number of hydrogen-bond acceptors (Lipinski definition) is 3. The predicted molar refractivity (Wildman–Crippen MR) is 64.8 cm³/mol. The molecule has 1 aromatic carbocycles. The Balaban J connectivity index is 2.48. The van der Waals surface area contributed by atoms with Gasteiger partial charge in [-0.25, -0.2) is 0 Å². The molecule has 3 N–H and O–H groups in total. The van der Waals surface area contributed by atoms with E-state index in [4.69, 9.17) is 10.5 Å². The van der Waals surface area contributed by atoms with Crippen molar-refractivity contribution < 1.29 is 14.6 Å². The lowest BCUT2D eigenvalue weighted by molar-refractivity contribution is -0.150. The van der Waals surface area contributed by atoms with Crippen LogP contribution < -0.4 is 5.73 Å². The second-order valence-electron chi connectivity index (χ2n) is 4.61. The molecule has 1 heterocycles. The average molecular weight is 235 g/mol. The zero-order chi connectivity index (χ0) is 12.5. The number of anilines is 1. The van der Waals surface area contributed by atoms with E-state index >= 15 is 0 Å². The van der Waals surface area contributed by atoms with Gasteiger partial charge in [0.05, 0.1) is 11.5 Å². The second-order valence-corrected chi connectivity index (χ2v) is 4.61. The van der Waals surface area contributed by atoms with Crippen LogP contribution in [0, 0.1) is 0 Å². The van der Waals surface area contributed by atoms with E-state index in [0.29, 0.717) is 30.7 Å². The molecular formula is C13H17NO3. The number of ether oxygens (including phenoxy) is 1.